The third-order valence-corrected chi connectivity index (χ3v) is 2.77. The third-order valence-electron chi connectivity index (χ3n) is 2.77. The Morgan fingerprint density at radius 1 is 1.44 bits per heavy atom. The lowest BCUT2D eigenvalue weighted by Crippen LogP contribution is -2.52. The van der Waals surface area contributed by atoms with Crippen molar-refractivity contribution in [2.24, 2.45) is 0 Å². The molecule has 1 heterocycles. The van der Waals surface area contributed by atoms with Gasteiger partial charge < -0.3 is 10.2 Å². The Labute approximate surface area is 94.5 Å². The second kappa shape index (κ2) is 3.24. The Kier molecular flexibility index (Phi) is 2.13. The quantitative estimate of drug-likeness (QED) is 0.717. The van der Waals surface area contributed by atoms with Gasteiger partial charge in [0.2, 0.25) is 0 Å². The molecule has 1 amide bonds. The minimum absolute atomic E-state index is 0.0182. The first kappa shape index (κ1) is 10.5. The van der Waals surface area contributed by atoms with E-state index in [9.17, 15) is 4.79 Å². The van der Waals surface area contributed by atoms with Gasteiger partial charge in [0.05, 0.1) is 23.0 Å². The molecule has 0 saturated heterocycles. The van der Waals surface area contributed by atoms with E-state index in [-0.39, 0.29) is 5.91 Å². The van der Waals surface area contributed by atoms with E-state index in [1.165, 1.54) is 0 Å². The number of likely N-dealkylation sites (N-methyl/N-ethyl adjacent to an activating group) is 1. The number of carbonyl (C=O) groups excluding carboxylic acids is 1. The van der Waals surface area contributed by atoms with Crippen LogP contribution in [0, 0.1) is 11.3 Å². The van der Waals surface area contributed by atoms with E-state index in [0.29, 0.717) is 5.56 Å². The minimum atomic E-state index is -0.629. The average molecular weight is 215 g/mol. The van der Waals surface area contributed by atoms with Gasteiger partial charge in [0, 0.05) is 7.05 Å². The highest BCUT2D eigenvalue weighted by Gasteiger charge is 2.36. The molecule has 0 aromatic heterocycles. The summed E-state index contributed by atoms with van der Waals surface area (Å²) in [5.41, 5.74) is 1.59. The summed E-state index contributed by atoms with van der Waals surface area (Å²) >= 11 is 0. The van der Waals surface area contributed by atoms with Gasteiger partial charge in [0.25, 0.3) is 5.91 Å². The molecule has 4 nitrogen and oxygen atoms in total. The minimum Gasteiger partial charge on any atom is -0.370 e. The van der Waals surface area contributed by atoms with Crippen molar-refractivity contribution in [3.63, 3.8) is 0 Å². The molecule has 0 atom stereocenters. The first-order chi connectivity index (χ1) is 7.45. The molecule has 0 fully saturated rings. The van der Waals surface area contributed by atoms with Crippen LogP contribution in [0.1, 0.15) is 19.4 Å². The number of carbonyl (C=O) groups is 1. The maximum atomic E-state index is 12.0. The first-order valence-corrected chi connectivity index (χ1v) is 5.06. The van der Waals surface area contributed by atoms with Crippen molar-refractivity contribution >= 4 is 17.3 Å². The molecule has 1 aliphatic heterocycles. The lowest BCUT2D eigenvalue weighted by molar-refractivity contribution is -0.121. The van der Waals surface area contributed by atoms with Gasteiger partial charge >= 0.3 is 0 Å². The Morgan fingerprint density at radius 3 is 2.75 bits per heavy atom. The van der Waals surface area contributed by atoms with Gasteiger partial charge in [-0.2, -0.15) is 5.26 Å². The van der Waals surface area contributed by atoms with Crippen molar-refractivity contribution in [1.29, 1.82) is 5.26 Å². The molecule has 0 radical (unpaired) electrons. The smallest absolute Gasteiger partial charge is 0.251 e. The zero-order valence-electron chi connectivity index (χ0n) is 9.53. The molecular formula is C12H13N3O. The van der Waals surface area contributed by atoms with Crippen molar-refractivity contribution < 1.29 is 4.79 Å². The normalized spacial score (nSPS) is 17.4. The molecular weight excluding hydrogens is 202 g/mol. The maximum Gasteiger partial charge on any atom is 0.251 e. The van der Waals surface area contributed by atoms with Crippen molar-refractivity contribution in [2.45, 2.75) is 19.4 Å². The molecule has 0 bridgehead atoms. The lowest BCUT2D eigenvalue weighted by atomic mass is 9.98. The molecule has 0 unspecified atom stereocenters. The molecule has 16 heavy (non-hydrogen) atoms. The van der Waals surface area contributed by atoms with Crippen LogP contribution in [-0.2, 0) is 4.79 Å². The van der Waals surface area contributed by atoms with Crippen LogP contribution in [0.25, 0.3) is 0 Å². The third kappa shape index (κ3) is 1.41. The second-order valence-electron chi connectivity index (χ2n) is 4.46. The zero-order chi connectivity index (χ0) is 11.9. The van der Waals surface area contributed by atoms with Crippen LogP contribution in [0.4, 0.5) is 11.4 Å². The van der Waals surface area contributed by atoms with E-state index in [1.807, 2.05) is 13.8 Å². The Balaban J connectivity index is 2.56. The van der Waals surface area contributed by atoms with Gasteiger partial charge in [0.1, 0.15) is 5.54 Å². The van der Waals surface area contributed by atoms with Gasteiger partial charge in [-0.1, -0.05) is 0 Å². The summed E-state index contributed by atoms with van der Waals surface area (Å²) in [6, 6.07) is 7.35. The predicted octanol–water partition coefficient (Wildman–Crippen LogP) is 1.73. The fraction of sp³-hybridized carbons (Fsp3) is 0.333. The van der Waals surface area contributed by atoms with Crippen LogP contribution in [0.15, 0.2) is 18.2 Å². The number of fused-ring (bicyclic) bond motifs is 1. The van der Waals surface area contributed by atoms with Crippen LogP contribution in [0.3, 0.4) is 0 Å². The zero-order valence-corrected chi connectivity index (χ0v) is 9.53. The summed E-state index contributed by atoms with van der Waals surface area (Å²) in [4.78, 5) is 13.6. The predicted molar refractivity (Wildman–Crippen MR) is 62.3 cm³/mol. The molecule has 82 valence electrons. The molecule has 0 spiro atoms. The van der Waals surface area contributed by atoms with Crippen LogP contribution in [0.2, 0.25) is 0 Å². The van der Waals surface area contributed by atoms with E-state index in [4.69, 9.17) is 5.26 Å². The number of benzene rings is 1. The number of nitrogens with zero attached hydrogens (tertiary/aromatic N) is 2. The second-order valence-corrected chi connectivity index (χ2v) is 4.46. The largest absolute Gasteiger partial charge is 0.370 e. The molecule has 1 aliphatic rings. The number of anilines is 2. The van der Waals surface area contributed by atoms with Crippen LogP contribution < -0.4 is 10.2 Å². The highest BCUT2D eigenvalue weighted by atomic mass is 16.2. The number of nitrogens with one attached hydrogen (secondary N) is 1. The number of rotatable bonds is 0. The SMILES string of the molecule is CN1C(=O)C(C)(C)Nc2cc(C#N)ccc21. The van der Waals surface area contributed by atoms with Crippen molar-refractivity contribution in [3.05, 3.63) is 23.8 Å². The molecule has 2 rings (SSSR count). The topological polar surface area (TPSA) is 56.1 Å². The van der Waals surface area contributed by atoms with E-state index in [1.54, 1.807) is 30.1 Å². The summed E-state index contributed by atoms with van der Waals surface area (Å²) < 4.78 is 0. The van der Waals surface area contributed by atoms with Gasteiger partial charge in [-0.05, 0) is 32.0 Å². The van der Waals surface area contributed by atoms with Gasteiger partial charge in [-0.3, -0.25) is 4.79 Å². The highest BCUT2D eigenvalue weighted by Crippen LogP contribution is 2.34. The van der Waals surface area contributed by atoms with Crippen LogP contribution >= 0.6 is 0 Å². The van der Waals surface area contributed by atoms with Gasteiger partial charge in [-0.25, -0.2) is 0 Å². The first-order valence-electron chi connectivity index (χ1n) is 5.06. The summed E-state index contributed by atoms with van der Waals surface area (Å²) in [6.07, 6.45) is 0. The van der Waals surface area contributed by atoms with Crippen molar-refractivity contribution in [2.75, 3.05) is 17.3 Å². The molecule has 1 N–H and O–H groups in total. The Hall–Kier alpha value is -2.02. The maximum absolute atomic E-state index is 12.0. The van der Waals surface area contributed by atoms with Gasteiger partial charge in [0.15, 0.2) is 0 Å². The molecule has 4 heteroatoms. The summed E-state index contributed by atoms with van der Waals surface area (Å²) in [5, 5.41) is 12.0. The van der Waals surface area contributed by atoms with Gasteiger partial charge in [-0.15, -0.1) is 0 Å². The van der Waals surface area contributed by atoms with E-state index in [0.717, 1.165) is 11.4 Å². The molecule has 0 aliphatic carbocycles. The monoisotopic (exact) mass is 215 g/mol. The Bertz CT molecular complexity index is 499. The van der Waals surface area contributed by atoms with E-state index in [2.05, 4.69) is 11.4 Å². The molecule has 1 aromatic rings. The summed E-state index contributed by atoms with van der Waals surface area (Å²) in [7, 11) is 1.75. The van der Waals surface area contributed by atoms with E-state index >= 15 is 0 Å². The van der Waals surface area contributed by atoms with Crippen molar-refractivity contribution in [3.8, 4) is 6.07 Å². The fourth-order valence-electron chi connectivity index (χ4n) is 1.92. The van der Waals surface area contributed by atoms with Crippen molar-refractivity contribution in [1.82, 2.24) is 0 Å². The van der Waals surface area contributed by atoms with Crippen LogP contribution in [0.5, 0.6) is 0 Å². The molecule has 0 saturated carbocycles. The molecule has 1 aromatic carbocycles. The fourth-order valence-corrected chi connectivity index (χ4v) is 1.92. The number of nitriles is 1. The van der Waals surface area contributed by atoms with E-state index < -0.39 is 5.54 Å². The average Bonchev–Trinajstić information content (AvgIpc) is 2.25. The number of hydrogen-bond acceptors (Lipinski definition) is 3. The standard InChI is InChI=1S/C12H13N3O/c1-12(2)11(16)15(3)10-5-4-8(7-13)6-9(10)14-12/h4-6,14H,1-3H3. The lowest BCUT2D eigenvalue weighted by Gasteiger charge is -2.38. The highest BCUT2D eigenvalue weighted by molar-refractivity contribution is 6.07. The number of amides is 1. The number of hydrogen-bond donors (Lipinski definition) is 1. The van der Waals surface area contributed by atoms with Crippen LogP contribution in [-0.4, -0.2) is 18.5 Å². The summed E-state index contributed by atoms with van der Waals surface area (Å²) in [5.74, 6) is 0.0182. The Morgan fingerprint density at radius 2 is 2.12 bits per heavy atom. The summed E-state index contributed by atoms with van der Waals surface area (Å²) in [6.45, 7) is 3.65.